The van der Waals surface area contributed by atoms with Crippen LogP contribution in [0.15, 0.2) is 84.9 Å². The number of ether oxygens (including phenoxy) is 1. The van der Waals surface area contributed by atoms with Crippen LogP contribution in [0.1, 0.15) is 29.2 Å². The molecule has 8 N–H and O–H groups in total. The first-order valence-corrected chi connectivity index (χ1v) is 15.3. The lowest BCUT2D eigenvalue weighted by molar-refractivity contribution is 0.256. The highest BCUT2D eigenvalue weighted by atomic mass is 35.5. The molecule has 12 heteroatoms. The monoisotopic (exact) mass is 670 g/mol. The van der Waals surface area contributed by atoms with Crippen LogP contribution in [0.2, 0.25) is 10.0 Å². The third kappa shape index (κ3) is 8.76. The van der Waals surface area contributed by atoms with Gasteiger partial charge in [-0.25, -0.2) is 4.79 Å². The Hall–Kier alpha value is -5.16. The van der Waals surface area contributed by atoms with E-state index in [1.54, 1.807) is 23.1 Å². The lowest BCUT2D eigenvalue weighted by Gasteiger charge is -2.22. The van der Waals surface area contributed by atoms with Gasteiger partial charge in [0.05, 0.1) is 21.4 Å². The number of aromatic nitrogens is 3. The Bertz CT molecular complexity index is 1830. The highest BCUT2D eigenvalue weighted by molar-refractivity contribution is 6.43. The molecule has 4 aromatic carbocycles. The van der Waals surface area contributed by atoms with Gasteiger partial charge in [0.2, 0.25) is 5.95 Å². The van der Waals surface area contributed by atoms with Gasteiger partial charge < -0.3 is 27.7 Å². The fourth-order valence-electron chi connectivity index (χ4n) is 4.68. The zero-order valence-corrected chi connectivity index (χ0v) is 27.7. The molecule has 1 aromatic heterocycles. The molecule has 2 heterocycles. The molecule has 0 bridgehead atoms. The van der Waals surface area contributed by atoms with Crippen molar-refractivity contribution in [1.29, 1.82) is 0 Å². The number of hydrogen-bond acceptors (Lipinski definition) is 8. The van der Waals surface area contributed by atoms with Crippen LogP contribution in [0.3, 0.4) is 0 Å². The molecule has 2 amide bonds. The van der Waals surface area contributed by atoms with Crippen molar-refractivity contribution in [2.24, 2.45) is 11.5 Å². The Morgan fingerprint density at radius 1 is 0.830 bits per heavy atom. The molecular formula is C35H36Cl2N8O2. The fraction of sp³-hybridized carbons (Fsp3) is 0.143. The van der Waals surface area contributed by atoms with E-state index in [1.165, 1.54) is 11.1 Å². The van der Waals surface area contributed by atoms with E-state index in [2.05, 4.69) is 15.2 Å². The van der Waals surface area contributed by atoms with Crippen LogP contribution in [-0.2, 0) is 0 Å². The van der Waals surface area contributed by atoms with E-state index >= 15 is 0 Å². The van der Waals surface area contributed by atoms with Crippen molar-refractivity contribution >= 4 is 64.5 Å². The quantitative estimate of drug-likeness (QED) is 0.153. The predicted octanol–water partition coefficient (Wildman–Crippen LogP) is 7.43. The fourth-order valence-corrected chi connectivity index (χ4v) is 5.07. The molecule has 5 aromatic rings. The van der Waals surface area contributed by atoms with Crippen molar-refractivity contribution in [3.63, 3.8) is 0 Å². The largest absolute Gasteiger partial charge is 0.491 e. The van der Waals surface area contributed by atoms with E-state index in [4.69, 9.17) is 50.9 Å². The number of nitrogens with two attached hydrogens (primary N) is 4. The van der Waals surface area contributed by atoms with Gasteiger partial charge in [0.15, 0.2) is 5.82 Å². The van der Waals surface area contributed by atoms with Crippen molar-refractivity contribution in [2.45, 2.75) is 26.8 Å². The lowest BCUT2D eigenvalue weighted by atomic mass is 10.1. The van der Waals surface area contributed by atoms with E-state index in [0.29, 0.717) is 27.9 Å². The number of carbonyl (C=O) groups excluding carboxylic acids is 1. The Labute approximate surface area is 284 Å². The molecule has 0 saturated heterocycles. The minimum Gasteiger partial charge on any atom is -0.491 e. The minimum absolute atomic E-state index is 0.0133. The average Bonchev–Trinajstić information content (AvgIpc) is 3.20. The highest BCUT2D eigenvalue weighted by Gasteiger charge is 2.21. The smallest absolute Gasteiger partial charge is 0.323 e. The van der Waals surface area contributed by atoms with Crippen LogP contribution in [0.25, 0.3) is 23.4 Å². The summed E-state index contributed by atoms with van der Waals surface area (Å²) >= 11 is 11.9. The summed E-state index contributed by atoms with van der Waals surface area (Å²) in [7, 11) is 0. The first-order valence-electron chi connectivity index (χ1n) is 14.6. The number of para-hydroxylation sites is 3. The standard InChI is InChI=1S/C15H12N2O.C11H17NO.C9H7Cl2N5/c16-15(18)17-13-7-3-1-5-11(13)9-10-12-6-2-4-8-14(12)17;1-8-5-4-6-9(2)11(8)13-7-10(3)12;10-5-3-1-2-4(6(5)11)7-8(12)14-9(13)16-15-7/h1-10H,(H2,16,18);4-6,10H,7,12H2,1-3H3;1-3H,(H4,12,13,14,16). The average molecular weight is 672 g/mol. The van der Waals surface area contributed by atoms with Gasteiger partial charge in [0.1, 0.15) is 18.1 Å². The number of urea groups is 1. The van der Waals surface area contributed by atoms with Crippen LogP contribution in [-0.4, -0.2) is 33.9 Å². The van der Waals surface area contributed by atoms with E-state index in [-0.39, 0.29) is 17.8 Å². The Morgan fingerprint density at radius 3 is 1.91 bits per heavy atom. The summed E-state index contributed by atoms with van der Waals surface area (Å²) < 4.78 is 5.60. The summed E-state index contributed by atoms with van der Waals surface area (Å²) in [4.78, 5) is 17.1. The van der Waals surface area contributed by atoms with E-state index in [1.807, 2.05) is 99.7 Å². The molecule has 1 aliphatic heterocycles. The first-order chi connectivity index (χ1) is 22.5. The summed E-state index contributed by atoms with van der Waals surface area (Å²) in [6, 6.07) is 26.3. The number of anilines is 4. The molecule has 6 rings (SSSR count). The van der Waals surface area contributed by atoms with Crippen molar-refractivity contribution in [2.75, 3.05) is 23.0 Å². The van der Waals surface area contributed by atoms with Gasteiger partial charge in [-0.3, -0.25) is 4.90 Å². The van der Waals surface area contributed by atoms with Gasteiger partial charge in [0.25, 0.3) is 0 Å². The molecule has 0 radical (unpaired) electrons. The van der Waals surface area contributed by atoms with Gasteiger partial charge in [0, 0.05) is 11.6 Å². The van der Waals surface area contributed by atoms with Crippen LogP contribution >= 0.6 is 23.2 Å². The molecule has 0 saturated carbocycles. The molecule has 47 heavy (non-hydrogen) atoms. The van der Waals surface area contributed by atoms with Crippen molar-refractivity contribution in [1.82, 2.24) is 15.2 Å². The summed E-state index contributed by atoms with van der Waals surface area (Å²) in [6.45, 7) is 6.60. The van der Waals surface area contributed by atoms with Gasteiger partial charge in [-0.05, 0) is 61.2 Å². The van der Waals surface area contributed by atoms with Gasteiger partial charge >= 0.3 is 6.03 Å². The summed E-state index contributed by atoms with van der Waals surface area (Å²) in [5, 5.41) is 8.24. The highest BCUT2D eigenvalue weighted by Crippen LogP contribution is 2.36. The Kier molecular flexibility index (Phi) is 11.7. The number of halogens is 2. The van der Waals surface area contributed by atoms with Gasteiger partial charge in [-0.15, -0.1) is 10.2 Å². The second-order valence-electron chi connectivity index (χ2n) is 10.6. The van der Waals surface area contributed by atoms with Crippen LogP contribution in [0.5, 0.6) is 5.75 Å². The maximum atomic E-state index is 11.8. The van der Waals surface area contributed by atoms with E-state index in [9.17, 15) is 4.79 Å². The van der Waals surface area contributed by atoms with Crippen molar-refractivity contribution in [3.8, 4) is 17.0 Å². The molecule has 0 aliphatic carbocycles. The Balaban J connectivity index is 0.000000162. The van der Waals surface area contributed by atoms with Crippen LogP contribution < -0.4 is 32.6 Å². The van der Waals surface area contributed by atoms with Crippen LogP contribution in [0, 0.1) is 13.8 Å². The molecule has 0 spiro atoms. The SMILES string of the molecule is Cc1cccc(C)c1OCC(C)N.NC(=O)N1c2ccccc2C=Cc2ccccc21.Nc1nnc(-c2cccc(Cl)c2Cl)c(N)n1. The molecule has 242 valence electrons. The number of aryl methyl sites for hydroxylation is 2. The maximum Gasteiger partial charge on any atom is 0.323 e. The topological polar surface area (TPSA) is 172 Å². The summed E-state index contributed by atoms with van der Waals surface area (Å²) in [5.74, 6) is 1.15. The Morgan fingerprint density at radius 2 is 1.38 bits per heavy atom. The number of rotatable bonds is 4. The number of benzene rings is 4. The maximum absolute atomic E-state index is 11.8. The zero-order chi connectivity index (χ0) is 34.1. The molecule has 10 nitrogen and oxygen atoms in total. The van der Waals surface area contributed by atoms with E-state index in [0.717, 1.165) is 28.3 Å². The molecule has 1 aliphatic rings. The number of nitrogen functional groups attached to an aromatic ring is 2. The number of primary amides is 1. The zero-order valence-electron chi connectivity index (χ0n) is 26.2. The predicted molar refractivity (Wildman–Crippen MR) is 193 cm³/mol. The first kappa shape index (κ1) is 34.7. The molecular weight excluding hydrogens is 635 g/mol. The van der Waals surface area contributed by atoms with Crippen molar-refractivity contribution in [3.05, 3.63) is 117 Å². The summed E-state index contributed by atoms with van der Waals surface area (Å²) in [5.41, 5.74) is 29.0. The third-order valence-electron chi connectivity index (χ3n) is 6.85. The number of carbonyl (C=O) groups is 1. The second kappa shape index (κ2) is 15.9. The normalized spacial score (nSPS) is 11.8. The number of amides is 2. The van der Waals surface area contributed by atoms with Crippen LogP contribution in [0.4, 0.5) is 27.9 Å². The molecule has 0 fully saturated rings. The molecule has 1 atom stereocenters. The number of fused-ring (bicyclic) bond motifs is 2. The molecule has 1 unspecified atom stereocenters. The van der Waals surface area contributed by atoms with Gasteiger partial charge in [-0.1, -0.05) is 102 Å². The number of hydrogen-bond donors (Lipinski definition) is 4. The van der Waals surface area contributed by atoms with Gasteiger partial charge in [-0.2, -0.15) is 4.98 Å². The number of nitrogens with zero attached hydrogens (tertiary/aromatic N) is 4. The minimum atomic E-state index is -0.474. The third-order valence-corrected chi connectivity index (χ3v) is 7.67. The van der Waals surface area contributed by atoms with Crippen molar-refractivity contribution < 1.29 is 9.53 Å². The summed E-state index contributed by atoms with van der Waals surface area (Å²) in [6.07, 6.45) is 3.99. The second-order valence-corrected chi connectivity index (χ2v) is 11.4. The lowest BCUT2D eigenvalue weighted by Crippen LogP contribution is -2.32. The van der Waals surface area contributed by atoms with E-state index < -0.39 is 6.03 Å².